The maximum atomic E-state index is 4.36. The normalized spacial score (nSPS) is 16.5. The molecule has 1 fully saturated rings. The number of nitrogens with zero attached hydrogens (tertiary/aromatic N) is 3. The molecule has 4 heteroatoms. The van der Waals surface area contributed by atoms with Gasteiger partial charge in [-0.05, 0) is 31.4 Å². The molecule has 1 N–H and O–H groups in total. The Balaban J connectivity index is 2.13. The van der Waals surface area contributed by atoms with Crippen molar-refractivity contribution in [1.82, 2.24) is 15.2 Å². The molecule has 1 saturated heterocycles. The highest BCUT2D eigenvalue weighted by atomic mass is 15.3. The van der Waals surface area contributed by atoms with Gasteiger partial charge in [-0.15, -0.1) is 0 Å². The molecule has 0 radical (unpaired) electrons. The third-order valence-electron chi connectivity index (χ3n) is 2.94. The van der Waals surface area contributed by atoms with E-state index in [-0.39, 0.29) is 0 Å². The third-order valence-corrected chi connectivity index (χ3v) is 2.94. The molecule has 2 aromatic heterocycles. The number of anilines is 1. The molecule has 1 aliphatic rings. The molecule has 1 aliphatic heterocycles. The SMILES string of the molecule is Cc1cnc2[nH]nc(N3CCCC3)c2c1. The van der Waals surface area contributed by atoms with Crippen molar-refractivity contribution in [2.45, 2.75) is 19.8 Å². The monoisotopic (exact) mass is 202 g/mol. The summed E-state index contributed by atoms with van der Waals surface area (Å²) in [5.74, 6) is 1.07. The summed E-state index contributed by atoms with van der Waals surface area (Å²) >= 11 is 0. The molecule has 3 rings (SSSR count). The van der Waals surface area contributed by atoms with Crippen molar-refractivity contribution in [3.05, 3.63) is 17.8 Å². The lowest BCUT2D eigenvalue weighted by atomic mass is 10.2. The summed E-state index contributed by atoms with van der Waals surface area (Å²) in [6.07, 6.45) is 4.41. The average molecular weight is 202 g/mol. The van der Waals surface area contributed by atoms with Crippen LogP contribution in [0.4, 0.5) is 5.82 Å². The second-order valence-corrected chi connectivity index (χ2v) is 4.15. The molecule has 0 bridgehead atoms. The van der Waals surface area contributed by atoms with E-state index in [0.29, 0.717) is 0 Å². The highest BCUT2D eigenvalue weighted by Gasteiger charge is 2.17. The topological polar surface area (TPSA) is 44.8 Å². The van der Waals surface area contributed by atoms with Crippen molar-refractivity contribution in [3.63, 3.8) is 0 Å². The van der Waals surface area contributed by atoms with Crippen molar-refractivity contribution in [2.24, 2.45) is 0 Å². The van der Waals surface area contributed by atoms with E-state index in [1.54, 1.807) is 0 Å². The van der Waals surface area contributed by atoms with Gasteiger partial charge in [0.25, 0.3) is 0 Å². The molecule has 2 aromatic rings. The van der Waals surface area contributed by atoms with Gasteiger partial charge >= 0.3 is 0 Å². The molecule has 0 spiro atoms. The number of fused-ring (bicyclic) bond motifs is 1. The van der Waals surface area contributed by atoms with Crippen molar-refractivity contribution in [1.29, 1.82) is 0 Å². The largest absolute Gasteiger partial charge is 0.355 e. The van der Waals surface area contributed by atoms with Crippen LogP contribution in [0.5, 0.6) is 0 Å². The Bertz CT molecular complexity index is 482. The zero-order chi connectivity index (χ0) is 10.3. The number of hydrogen-bond acceptors (Lipinski definition) is 3. The van der Waals surface area contributed by atoms with Gasteiger partial charge in [0.15, 0.2) is 11.5 Å². The maximum absolute atomic E-state index is 4.36. The lowest BCUT2D eigenvalue weighted by Crippen LogP contribution is -2.18. The molecule has 0 amide bonds. The van der Waals surface area contributed by atoms with Gasteiger partial charge in [-0.3, -0.25) is 5.10 Å². The fourth-order valence-corrected chi connectivity index (χ4v) is 2.16. The van der Waals surface area contributed by atoms with E-state index in [2.05, 4.69) is 33.1 Å². The second-order valence-electron chi connectivity index (χ2n) is 4.15. The minimum absolute atomic E-state index is 0.891. The highest BCUT2D eigenvalue weighted by molar-refractivity contribution is 5.88. The van der Waals surface area contributed by atoms with Gasteiger partial charge in [0.1, 0.15) is 0 Å². The fraction of sp³-hybridized carbons (Fsp3) is 0.455. The standard InChI is InChI=1S/C11H14N4/c1-8-6-9-10(12-7-8)13-14-11(9)15-4-2-3-5-15/h6-7H,2-5H2,1H3,(H,12,13,14). The first kappa shape index (κ1) is 8.71. The summed E-state index contributed by atoms with van der Waals surface area (Å²) in [5, 5.41) is 8.50. The van der Waals surface area contributed by atoms with E-state index in [0.717, 1.165) is 29.9 Å². The first-order valence-corrected chi connectivity index (χ1v) is 5.40. The molecule has 3 heterocycles. The molecular formula is C11H14N4. The van der Waals surface area contributed by atoms with E-state index in [9.17, 15) is 0 Å². The zero-order valence-electron chi connectivity index (χ0n) is 8.82. The summed E-state index contributed by atoms with van der Waals surface area (Å²) in [5.41, 5.74) is 2.08. The highest BCUT2D eigenvalue weighted by Crippen LogP contribution is 2.26. The average Bonchev–Trinajstić information content (AvgIpc) is 2.83. The fourth-order valence-electron chi connectivity index (χ4n) is 2.16. The summed E-state index contributed by atoms with van der Waals surface area (Å²) in [4.78, 5) is 6.66. The number of nitrogens with one attached hydrogen (secondary N) is 1. The van der Waals surface area contributed by atoms with Crippen LogP contribution < -0.4 is 4.90 Å². The molecule has 0 atom stereocenters. The Morgan fingerprint density at radius 2 is 2.13 bits per heavy atom. The molecule has 0 aromatic carbocycles. The van der Waals surface area contributed by atoms with Crippen LogP contribution in [-0.4, -0.2) is 28.3 Å². The zero-order valence-corrected chi connectivity index (χ0v) is 8.82. The van der Waals surface area contributed by atoms with Crippen molar-refractivity contribution in [3.8, 4) is 0 Å². The van der Waals surface area contributed by atoms with E-state index in [1.165, 1.54) is 18.4 Å². The lowest BCUT2D eigenvalue weighted by molar-refractivity contribution is 0.925. The van der Waals surface area contributed by atoms with Gasteiger partial charge in [0.2, 0.25) is 0 Å². The van der Waals surface area contributed by atoms with Crippen LogP contribution in [0, 0.1) is 6.92 Å². The second kappa shape index (κ2) is 3.22. The third kappa shape index (κ3) is 1.37. The number of aryl methyl sites for hydroxylation is 1. The van der Waals surface area contributed by atoms with Crippen LogP contribution in [0.2, 0.25) is 0 Å². The summed E-state index contributed by atoms with van der Waals surface area (Å²) in [6.45, 7) is 4.30. The maximum Gasteiger partial charge on any atom is 0.160 e. The molecule has 4 nitrogen and oxygen atoms in total. The van der Waals surface area contributed by atoms with Crippen LogP contribution in [0.1, 0.15) is 18.4 Å². The first-order chi connectivity index (χ1) is 7.34. The number of pyridine rings is 1. The minimum atomic E-state index is 0.891. The van der Waals surface area contributed by atoms with E-state index in [4.69, 9.17) is 0 Å². The summed E-state index contributed by atoms with van der Waals surface area (Å²) < 4.78 is 0. The number of rotatable bonds is 1. The van der Waals surface area contributed by atoms with Crippen LogP contribution in [0.3, 0.4) is 0 Å². The van der Waals surface area contributed by atoms with Gasteiger partial charge in [-0.25, -0.2) is 4.98 Å². The van der Waals surface area contributed by atoms with Crippen molar-refractivity contribution in [2.75, 3.05) is 18.0 Å². The quantitative estimate of drug-likeness (QED) is 0.767. The molecule has 78 valence electrons. The van der Waals surface area contributed by atoms with Gasteiger partial charge in [0.05, 0.1) is 5.39 Å². The molecule has 0 aliphatic carbocycles. The van der Waals surface area contributed by atoms with Crippen LogP contribution in [0.15, 0.2) is 12.3 Å². The molecule has 0 unspecified atom stereocenters. The first-order valence-electron chi connectivity index (χ1n) is 5.40. The van der Waals surface area contributed by atoms with Gasteiger partial charge in [-0.1, -0.05) is 0 Å². The Morgan fingerprint density at radius 3 is 2.93 bits per heavy atom. The number of aromatic amines is 1. The Labute approximate surface area is 88.3 Å². The number of H-pyrrole nitrogens is 1. The van der Waals surface area contributed by atoms with Crippen molar-refractivity contribution >= 4 is 16.9 Å². The van der Waals surface area contributed by atoms with Crippen LogP contribution in [0.25, 0.3) is 11.0 Å². The predicted octanol–water partition coefficient (Wildman–Crippen LogP) is 1.87. The summed E-state index contributed by atoms with van der Waals surface area (Å²) in [7, 11) is 0. The smallest absolute Gasteiger partial charge is 0.160 e. The van der Waals surface area contributed by atoms with E-state index >= 15 is 0 Å². The van der Waals surface area contributed by atoms with Gasteiger partial charge in [0, 0.05) is 19.3 Å². The van der Waals surface area contributed by atoms with E-state index in [1.807, 2.05) is 6.20 Å². The number of aromatic nitrogens is 3. The lowest BCUT2D eigenvalue weighted by Gasteiger charge is -2.13. The Morgan fingerprint density at radius 1 is 1.33 bits per heavy atom. The van der Waals surface area contributed by atoms with Gasteiger partial charge in [-0.2, -0.15) is 5.10 Å². The molecular weight excluding hydrogens is 188 g/mol. The van der Waals surface area contributed by atoms with Crippen LogP contribution in [-0.2, 0) is 0 Å². The summed E-state index contributed by atoms with van der Waals surface area (Å²) in [6, 6.07) is 2.15. The predicted molar refractivity (Wildman–Crippen MR) is 60.1 cm³/mol. The minimum Gasteiger partial charge on any atom is -0.355 e. The molecule has 15 heavy (non-hydrogen) atoms. The van der Waals surface area contributed by atoms with Gasteiger partial charge < -0.3 is 4.90 Å². The van der Waals surface area contributed by atoms with E-state index < -0.39 is 0 Å². The number of hydrogen-bond donors (Lipinski definition) is 1. The van der Waals surface area contributed by atoms with Crippen molar-refractivity contribution < 1.29 is 0 Å². The Hall–Kier alpha value is -1.58. The van der Waals surface area contributed by atoms with Crippen LogP contribution >= 0.6 is 0 Å². The Kier molecular flexibility index (Phi) is 1.87. The molecule has 0 saturated carbocycles.